The molecule has 0 saturated carbocycles. The van der Waals surface area contributed by atoms with E-state index in [-0.39, 0.29) is 43.9 Å². The van der Waals surface area contributed by atoms with Gasteiger partial charge in [0.25, 0.3) is 18.2 Å². The first-order chi connectivity index (χ1) is 19.1. The van der Waals surface area contributed by atoms with Gasteiger partial charge in [0.1, 0.15) is 29.6 Å². The molecule has 2 aliphatic rings. The molecule has 12 heteroatoms. The lowest BCUT2D eigenvalue weighted by Crippen LogP contribution is -2.66. The quantitative estimate of drug-likeness (QED) is 0.447. The van der Waals surface area contributed by atoms with E-state index in [1.165, 1.54) is 9.91 Å². The monoisotopic (exact) mass is 558 g/mol. The number of carbonyl (C=O) groups excluding carboxylic acids is 2. The fourth-order valence-electron chi connectivity index (χ4n) is 4.97. The van der Waals surface area contributed by atoms with Crippen molar-refractivity contribution in [3.8, 4) is 0 Å². The summed E-state index contributed by atoms with van der Waals surface area (Å²) in [6, 6.07) is 12.1. The molecular weight excluding hydrogens is 532 g/mol. The van der Waals surface area contributed by atoms with Crippen LogP contribution in [0.15, 0.2) is 65.6 Å². The third-order valence-electron chi connectivity index (χ3n) is 7.32. The van der Waals surface area contributed by atoms with Gasteiger partial charge in [-0.25, -0.2) is 17.6 Å². The Morgan fingerprint density at radius 1 is 1.12 bits per heavy atom. The minimum Gasteiger partial charge on any atom is -0.348 e. The second-order valence-corrected chi connectivity index (χ2v) is 9.82. The van der Waals surface area contributed by atoms with Crippen LogP contribution in [0, 0.1) is 11.6 Å². The Bertz CT molecular complexity index is 1500. The average Bonchev–Trinajstić information content (AvgIpc) is 3.06. The second-order valence-electron chi connectivity index (χ2n) is 9.82. The summed E-state index contributed by atoms with van der Waals surface area (Å²) in [7, 11) is 0. The van der Waals surface area contributed by atoms with Crippen LogP contribution in [-0.4, -0.2) is 46.3 Å². The maximum absolute atomic E-state index is 15.0. The fraction of sp³-hybridized carbons (Fsp3) is 0.321. The number of aromatic nitrogens is 1. The van der Waals surface area contributed by atoms with Crippen molar-refractivity contribution < 1.29 is 31.9 Å². The lowest BCUT2D eigenvalue weighted by molar-refractivity contribution is -0.164. The van der Waals surface area contributed by atoms with E-state index in [9.17, 15) is 31.9 Å². The van der Waals surface area contributed by atoms with Crippen molar-refractivity contribution in [2.75, 3.05) is 11.7 Å². The van der Waals surface area contributed by atoms with Gasteiger partial charge in [0.2, 0.25) is 5.72 Å². The van der Waals surface area contributed by atoms with Crippen LogP contribution in [0.4, 0.5) is 17.6 Å². The van der Waals surface area contributed by atoms with Crippen molar-refractivity contribution in [3.05, 3.63) is 105 Å². The number of rotatable bonds is 7. The number of nitrogens with one attached hydrogen (secondary N) is 1. The fourth-order valence-corrected chi connectivity index (χ4v) is 4.97. The number of benzene rings is 2. The highest BCUT2D eigenvalue weighted by Crippen LogP contribution is 2.37. The van der Waals surface area contributed by atoms with Gasteiger partial charge in [0.05, 0.1) is 6.61 Å². The number of alkyl halides is 2. The van der Waals surface area contributed by atoms with E-state index in [2.05, 4.69) is 5.32 Å². The minimum atomic E-state index is -3.03. The van der Waals surface area contributed by atoms with Gasteiger partial charge >= 0.3 is 0 Å². The molecule has 1 N–H and O–H groups in total. The number of carbonyl (C=O) groups is 2. The normalized spacial score (nSPS) is 20.4. The lowest BCUT2D eigenvalue weighted by Gasteiger charge is -2.47. The van der Waals surface area contributed by atoms with Crippen LogP contribution in [0.2, 0.25) is 0 Å². The van der Waals surface area contributed by atoms with Gasteiger partial charge in [-0.05, 0) is 25.0 Å². The molecule has 210 valence electrons. The Morgan fingerprint density at radius 2 is 1.88 bits per heavy atom. The predicted octanol–water partition coefficient (Wildman–Crippen LogP) is 3.77. The first-order valence-corrected chi connectivity index (χ1v) is 12.6. The van der Waals surface area contributed by atoms with Gasteiger partial charge in [-0.2, -0.15) is 0 Å². The van der Waals surface area contributed by atoms with E-state index in [1.807, 2.05) is 0 Å². The highest BCUT2D eigenvalue weighted by atomic mass is 19.3. The summed E-state index contributed by atoms with van der Waals surface area (Å²) in [6.07, 6.45) is -1.93. The number of amides is 2. The van der Waals surface area contributed by atoms with E-state index in [1.54, 1.807) is 37.3 Å². The first kappa shape index (κ1) is 27.4. The van der Waals surface area contributed by atoms with Crippen LogP contribution in [-0.2, 0) is 17.9 Å². The van der Waals surface area contributed by atoms with Crippen LogP contribution in [0.25, 0.3) is 0 Å². The summed E-state index contributed by atoms with van der Waals surface area (Å²) in [5.41, 5.74) is -3.01. The zero-order valence-electron chi connectivity index (χ0n) is 21.5. The highest BCUT2D eigenvalue weighted by molar-refractivity contribution is 5.97. The number of fused-ring (bicyclic) bond motifs is 4. The molecule has 0 spiro atoms. The zero-order valence-corrected chi connectivity index (χ0v) is 21.5. The minimum absolute atomic E-state index is 0.0221. The van der Waals surface area contributed by atoms with Crippen molar-refractivity contribution in [1.82, 2.24) is 14.9 Å². The van der Waals surface area contributed by atoms with Crippen molar-refractivity contribution in [1.29, 1.82) is 0 Å². The van der Waals surface area contributed by atoms with Crippen LogP contribution in [0.5, 0.6) is 0 Å². The standard InChI is InChI=1S/C28H26F4N4O4/c1-17-9-10-28(27(31)32,40-15-18-5-3-2-4-6-18)36-16-34(17)26(39)23-12-24(37)21(14-35(23)36)25(38)33-13-19-7-8-20(29)11-22(19)30/h2-8,11-12,14,17,27H,9-10,13,15-16H2,1H3,(H,33,38). The molecule has 0 radical (unpaired) electrons. The molecule has 3 aromatic rings. The number of pyridine rings is 1. The Labute approximate surface area is 226 Å². The number of nitrogens with zero attached hydrogens (tertiary/aromatic N) is 3. The van der Waals surface area contributed by atoms with E-state index in [0.29, 0.717) is 11.6 Å². The molecule has 5 rings (SSSR count). The summed E-state index contributed by atoms with van der Waals surface area (Å²) in [4.78, 5) is 40.6. The topological polar surface area (TPSA) is 83.9 Å². The van der Waals surface area contributed by atoms with E-state index in [4.69, 9.17) is 4.74 Å². The number of ether oxygens (including phenoxy) is 1. The van der Waals surface area contributed by atoms with E-state index >= 15 is 0 Å². The summed E-state index contributed by atoms with van der Waals surface area (Å²) in [6.45, 7) is 0.965. The predicted molar refractivity (Wildman–Crippen MR) is 136 cm³/mol. The Morgan fingerprint density at radius 3 is 2.58 bits per heavy atom. The van der Waals surface area contributed by atoms with Gasteiger partial charge in [-0.15, -0.1) is 0 Å². The summed E-state index contributed by atoms with van der Waals surface area (Å²) in [5, 5.41) is 3.57. The van der Waals surface area contributed by atoms with Crippen LogP contribution in [0.3, 0.4) is 0 Å². The van der Waals surface area contributed by atoms with Crippen molar-refractivity contribution >= 4 is 11.8 Å². The number of halogens is 4. The molecule has 2 amide bonds. The Kier molecular flexibility index (Phi) is 7.37. The lowest BCUT2D eigenvalue weighted by atomic mass is 10.0. The van der Waals surface area contributed by atoms with Gasteiger partial charge in [-0.3, -0.25) is 24.1 Å². The van der Waals surface area contributed by atoms with E-state index in [0.717, 1.165) is 29.1 Å². The molecule has 2 unspecified atom stereocenters. The molecular formula is C28H26F4N4O4. The SMILES string of the molecule is CC1CCC(OCc2ccccc2)(C(F)F)N2CN1C(=O)c1cc(=O)c(C(=O)NCc3ccc(F)cc3F)cn12. The molecule has 1 saturated heterocycles. The highest BCUT2D eigenvalue weighted by Gasteiger charge is 2.53. The molecule has 1 aromatic heterocycles. The van der Waals surface area contributed by atoms with E-state index < -0.39 is 52.6 Å². The molecule has 2 aromatic carbocycles. The molecule has 3 heterocycles. The number of hydrogen-bond acceptors (Lipinski definition) is 5. The third kappa shape index (κ3) is 4.94. The van der Waals surface area contributed by atoms with Crippen LogP contribution >= 0.6 is 0 Å². The molecule has 2 atom stereocenters. The van der Waals surface area contributed by atoms with Crippen molar-refractivity contribution in [3.63, 3.8) is 0 Å². The van der Waals surface area contributed by atoms with Crippen molar-refractivity contribution in [2.45, 2.75) is 51.1 Å². The molecule has 8 nitrogen and oxygen atoms in total. The average molecular weight is 559 g/mol. The van der Waals surface area contributed by atoms with Gasteiger partial charge in [0.15, 0.2) is 5.43 Å². The molecule has 1 fully saturated rings. The van der Waals surface area contributed by atoms with Gasteiger partial charge < -0.3 is 15.0 Å². The Hall–Kier alpha value is -4.19. The molecule has 0 aliphatic carbocycles. The number of hydrogen-bond donors (Lipinski definition) is 1. The smallest absolute Gasteiger partial charge is 0.287 e. The Balaban J connectivity index is 1.52. The molecule has 40 heavy (non-hydrogen) atoms. The largest absolute Gasteiger partial charge is 0.348 e. The maximum Gasteiger partial charge on any atom is 0.287 e. The van der Waals surface area contributed by atoms with Gasteiger partial charge in [0, 0.05) is 42.9 Å². The summed E-state index contributed by atoms with van der Waals surface area (Å²) in [5.74, 6) is -3.14. The molecule has 2 aliphatic heterocycles. The van der Waals surface area contributed by atoms with Gasteiger partial charge in [-0.1, -0.05) is 36.4 Å². The summed E-state index contributed by atoms with van der Waals surface area (Å²) < 4.78 is 64.3. The summed E-state index contributed by atoms with van der Waals surface area (Å²) >= 11 is 0. The van der Waals surface area contributed by atoms with Crippen LogP contribution < -0.4 is 15.8 Å². The van der Waals surface area contributed by atoms with Crippen molar-refractivity contribution in [2.24, 2.45) is 0 Å². The molecule has 2 bridgehead atoms. The third-order valence-corrected chi connectivity index (χ3v) is 7.32. The first-order valence-electron chi connectivity index (χ1n) is 12.6. The second kappa shape index (κ2) is 10.8. The van der Waals surface area contributed by atoms with Crippen LogP contribution in [0.1, 0.15) is 51.7 Å². The maximum atomic E-state index is 15.0. The zero-order chi connectivity index (χ0) is 28.6.